The first-order chi connectivity index (χ1) is 12.4. The highest BCUT2D eigenvalue weighted by molar-refractivity contribution is 9.10. The quantitative estimate of drug-likeness (QED) is 0.756. The zero-order chi connectivity index (χ0) is 18.6. The van der Waals surface area contributed by atoms with Gasteiger partial charge in [0.05, 0.1) is 11.3 Å². The van der Waals surface area contributed by atoms with Gasteiger partial charge in [0, 0.05) is 24.1 Å². The fourth-order valence-electron chi connectivity index (χ4n) is 2.91. The van der Waals surface area contributed by atoms with Gasteiger partial charge in [-0.15, -0.1) is 0 Å². The normalized spacial score (nSPS) is 15.1. The molecule has 1 amide bonds. The molecule has 1 aliphatic rings. The maximum atomic E-state index is 12.5. The third-order valence-corrected chi connectivity index (χ3v) is 6.84. The average molecular weight is 437 g/mol. The van der Waals surface area contributed by atoms with Crippen LogP contribution in [0.1, 0.15) is 24.0 Å². The molecule has 1 fully saturated rings. The Hall–Kier alpha value is -1.70. The lowest BCUT2D eigenvalue weighted by molar-refractivity contribution is -0.120. The van der Waals surface area contributed by atoms with E-state index in [0.717, 1.165) is 28.4 Å². The number of rotatable bonds is 6. The topological polar surface area (TPSA) is 66.5 Å². The summed E-state index contributed by atoms with van der Waals surface area (Å²) >= 11 is 3.37. The summed E-state index contributed by atoms with van der Waals surface area (Å²) in [5.74, 6) is -0.0684. The third kappa shape index (κ3) is 4.72. The Bertz CT molecular complexity index is 859. The molecule has 3 rings (SSSR count). The van der Waals surface area contributed by atoms with Crippen LogP contribution in [-0.2, 0) is 27.8 Å². The van der Waals surface area contributed by atoms with Crippen molar-refractivity contribution >= 4 is 31.9 Å². The molecule has 1 N–H and O–H groups in total. The zero-order valence-electron chi connectivity index (χ0n) is 14.3. The molecule has 2 aromatic carbocycles. The van der Waals surface area contributed by atoms with Gasteiger partial charge in [0.1, 0.15) is 0 Å². The van der Waals surface area contributed by atoms with E-state index in [4.69, 9.17) is 0 Å². The number of amides is 1. The zero-order valence-corrected chi connectivity index (χ0v) is 16.7. The third-order valence-electron chi connectivity index (χ3n) is 4.39. The number of nitrogens with zero attached hydrogens (tertiary/aromatic N) is 1. The van der Waals surface area contributed by atoms with Crippen molar-refractivity contribution in [3.05, 3.63) is 64.1 Å². The van der Waals surface area contributed by atoms with Crippen LogP contribution in [-0.4, -0.2) is 31.7 Å². The summed E-state index contributed by atoms with van der Waals surface area (Å²) in [6.07, 6.45) is 2.15. The molecule has 0 aliphatic carbocycles. The van der Waals surface area contributed by atoms with E-state index in [0.29, 0.717) is 31.0 Å². The lowest BCUT2D eigenvalue weighted by Gasteiger charge is -2.15. The highest BCUT2D eigenvalue weighted by atomic mass is 79.9. The fraction of sp³-hybridized carbons (Fsp3) is 0.316. The maximum absolute atomic E-state index is 12.5. The first-order valence-corrected chi connectivity index (χ1v) is 10.8. The molecule has 2 aromatic rings. The molecule has 0 spiro atoms. The number of hydrogen-bond donors (Lipinski definition) is 1. The van der Waals surface area contributed by atoms with Gasteiger partial charge in [-0.25, -0.2) is 8.42 Å². The van der Waals surface area contributed by atoms with Crippen LogP contribution in [0.5, 0.6) is 0 Å². The molecule has 1 saturated heterocycles. The van der Waals surface area contributed by atoms with Crippen molar-refractivity contribution in [2.45, 2.75) is 30.7 Å². The second kappa shape index (κ2) is 8.33. The van der Waals surface area contributed by atoms with Gasteiger partial charge in [-0.2, -0.15) is 4.31 Å². The first-order valence-electron chi connectivity index (χ1n) is 8.55. The number of carbonyl (C=O) groups excluding carboxylic acids is 1. The molecule has 0 unspecified atom stereocenters. The second-order valence-electron chi connectivity index (χ2n) is 6.34. The highest BCUT2D eigenvalue weighted by Crippen LogP contribution is 2.21. The largest absolute Gasteiger partial charge is 0.352 e. The molecular weight excluding hydrogens is 416 g/mol. The minimum atomic E-state index is -3.39. The minimum absolute atomic E-state index is 0.0684. The molecule has 0 saturated carbocycles. The molecular formula is C19H21BrN2O3S. The van der Waals surface area contributed by atoms with Crippen LogP contribution < -0.4 is 5.32 Å². The molecule has 1 aliphatic heterocycles. The summed E-state index contributed by atoms with van der Waals surface area (Å²) in [6, 6.07) is 14.4. The number of carbonyl (C=O) groups is 1. The Balaban J connectivity index is 1.55. The van der Waals surface area contributed by atoms with Gasteiger partial charge >= 0.3 is 0 Å². The number of nitrogens with one attached hydrogen (secondary N) is 1. The van der Waals surface area contributed by atoms with E-state index >= 15 is 0 Å². The number of sulfonamides is 1. The van der Waals surface area contributed by atoms with Crippen LogP contribution >= 0.6 is 15.9 Å². The van der Waals surface area contributed by atoms with Crippen molar-refractivity contribution in [2.75, 3.05) is 13.1 Å². The highest BCUT2D eigenvalue weighted by Gasteiger charge is 2.26. The van der Waals surface area contributed by atoms with Gasteiger partial charge < -0.3 is 5.32 Å². The lowest BCUT2D eigenvalue weighted by Crippen LogP contribution is -2.28. The molecule has 0 atom stereocenters. The van der Waals surface area contributed by atoms with Crippen molar-refractivity contribution in [3.8, 4) is 0 Å². The van der Waals surface area contributed by atoms with E-state index in [1.807, 2.05) is 24.3 Å². The summed E-state index contributed by atoms with van der Waals surface area (Å²) in [6.45, 7) is 1.56. The van der Waals surface area contributed by atoms with Crippen LogP contribution in [0.3, 0.4) is 0 Å². The molecule has 1 heterocycles. The Labute approximate surface area is 162 Å². The monoisotopic (exact) mass is 436 g/mol. The Morgan fingerprint density at radius 2 is 1.54 bits per heavy atom. The van der Waals surface area contributed by atoms with Crippen molar-refractivity contribution in [2.24, 2.45) is 0 Å². The summed E-state index contributed by atoms with van der Waals surface area (Å²) in [4.78, 5) is 12.4. The Kier molecular flexibility index (Phi) is 6.11. The van der Waals surface area contributed by atoms with Crippen molar-refractivity contribution in [1.29, 1.82) is 0 Å². The molecule has 0 aromatic heterocycles. The smallest absolute Gasteiger partial charge is 0.243 e. The standard InChI is InChI=1S/C19H21BrN2O3S/c20-17-7-3-15(4-8-17)13-19(23)21-14-16-5-9-18(10-6-16)26(24,25)22-11-1-2-12-22/h3-10H,1-2,11-14H2,(H,21,23). The predicted molar refractivity (Wildman–Crippen MR) is 104 cm³/mol. The summed E-state index contributed by atoms with van der Waals surface area (Å²) < 4.78 is 27.5. The van der Waals surface area contributed by atoms with Crippen molar-refractivity contribution in [3.63, 3.8) is 0 Å². The van der Waals surface area contributed by atoms with E-state index in [9.17, 15) is 13.2 Å². The van der Waals surface area contributed by atoms with Gasteiger partial charge in [-0.3, -0.25) is 4.79 Å². The van der Waals surface area contributed by atoms with E-state index in [-0.39, 0.29) is 5.91 Å². The Morgan fingerprint density at radius 1 is 0.962 bits per heavy atom. The second-order valence-corrected chi connectivity index (χ2v) is 9.19. The van der Waals surface area contributed by atoms with Gasteiger partial charge in [0.25, 0.3) is 0 Å². The summed E-state index contributed by atoms with van der Waals surface area (Å²) in [5.41, 5.74) is 1.81. The predicted octanol–water partition coefficient (Wildman–Crippen LogP) is 3.09. The fourth-order valence-corrected chi connectivity index (χ4v) is 4.69. The number of halogens is 1. The van der Waals surface area contributed by atoms with Crippen LogP contribution in [0.4, 0.5) is 0 Å². The van der Waals surface area contributed by atoms with Crippen LogP contribution in [0, 0.1) is 0 Å². The SMILES string of the molecule is O=C(Cc1ccc(Br)cc1)NCc1ccc(S(=O)(=O)N2CCCC2)cc1. The van der Waals surface area contributed by atoms with E-state index < -0.39 is 10.0 Å². The summed E-state index contributed by atoms with van der Waals surface area (Å²) in [5, 5.41) is 2.86. The van der Waals surface area contributed by atoms with Crippen molar-refractivity contribution in [1.82, 2.24) is 9.62 Å². The lowest BCUT2D eigenvalue weighted by atomic mass is 10.1. The van der Waals surface area contributed by atoms with Crippen LogP contribution in [0.2, 0.25) is 0 Å². The van der Waals surface area contributed by atoms with E-state index in [1.54, 1.807) is 24.3 Å². The van der Waals surface area contributed by atoms with E-state index in [2.05, 4.69) is 21.2 Å². The maximum Gasteiger partial charge on any atom is 0.243 e. The molecule has 138 valence electrons. The molecule has 0 radical (unpaired) electrons. The van der Waals surface area contributed by atoms with Gasteiger partial charge in [0.15, 0.2) is 0 Å². The molecule has 26 heavy (non-hydrogen) atoms. The average Bonchev–Trinajstić information content (AvgIpc) is 3.18. The minimum Gasteiger partial charge on any atom is -0.352 e. The number of hydrogen-bond acceptors (Lipinski definition) is 3. The van der Waals surface area contributed by atoms with E-state index in [1.165, 1.54) is 4.31 Å². The van der Waals surface area contributed by atoms with Crippen LogP contribution in [0.15, 0.2) is 57.9 Å². The van der Waals surface area contributed by atoms with Crippen molar-refractivity contribution < 1.29 is 13.2 Å². The molecule has 7 heteroatoms. The molecule has 5 nitrogen and oxygen atoms in total. The molecule has 0 bridgehead atoms. The number of benzene rings is 2. The first kappa shape index (κ1) is 19.1. The van der Waals surface area contributed by atoms with Gasteiger partial charge in [-0.05, 0) is 48.2 Å². The summed E-state index contributed by atoms with van der Waals surface area (Å²) in [7, 11) is -3.39. The van der Waals surface area contributed by atoms with Crippen LogP contribution in [0.25, 0.3) is 0 Å². The van der Waals surface area contributed by atoms with Gasteiger partial charge in [-0.1, -0.05) is 40.2 Å². The Morgan fingerprint density at radius 3 is 2.15 bits per heavy atom. The van der Waals surface area contributed by atoms with Gasteiger partial charge in [0.2, 0.25) is 15.9 Å².